The molecule has 0 saturated carbocycles. The molecule has 0 aliphatic carbocycles. The summed E-state index contributed by atoms with van der Waals surface area (Å²) in [6, 6.07) is 8.92. The summed E-state index contributed by atoms with van der Waals surface area (Å²) in [5, 5.41) is 11.8. The number of Topliss-reactive ketones (excluding diaryl/α,β-unsaturated/α-hetero) is 1. The van der Waals surface area contributed by atoms with Gasteiger partial charge in [-0.05, 0) is 66.2 Å². The summed E-state index contributed by atoms with van der Waals surface area (Å²) in [5.41, 5.74) is 0.927. The summed E-state index contributed by atoms with van der Waals surface area (Å²) in [4.78, 5) is 35.2. The predicted octanol–water partition coefficient (Wildman–Crippen LogP) is 4.00. The fourth-order valence-corrected chi connectivity index (χ4v) is 2.58. The van der Waals surface area contributed by atoms with E-state index in [1.54, 1.807) is 19.1 Å². The van der Waals surface area contributed by atoms with Gasteiger partial charge in [-0.2, -0.15) is 0 Å². The lowest BCUT2D eigenvalue weighted by Gasteiger charge is -2.13. The van der Waals surface area contributed by atoms with Crippen LogP contribution in [0.3, 0.4) is 0 Å². The molecule has 0 atom stereocenters. The number of ketones is 1. The highest BCUT2D eigenvalue weighted by Crippen LogP contribution is 2.28. The van der Waals surface area contributed by atoms with E-state index >= 15 is 0 Å². The first-order valence-corrected chi connectivity index (χ1v) is 8.24. The van der Waals surface area contributed by atoms with Gasteiger partial charge in [-0.3, -0.25) is 9.59 Å². The molecule has 0 heterocycles. The Hall–Kier alpha value is -2.67. The third kappa shape index (κ3) is 4.45. The second-order valence-electron chi connectivity index (χ2n) is 5.15. The van der Waals surface area contributed by atoms with Crippen LogP contribution in [0.1, 0.15) is 44.9 Å². The fraction of sp³-hybridized carbons (Fsp3) is 0.167. The van der Waals surface area contributed by atoms with Crippen LogP contribution in [0.15, 0.2) is 40.9 Å². The Bertz CT molecular complexity index is 847. The maximum absolute atomic E-state index is 12.6. The van der Waals surface area contributed by atoms with E-state index in [0.29, 0.717) is 28.1 Å². The standard InChI is InChI=1S/C18H16BrNO5/c1-3-25-16-7-5-11(10(2)21)9-15(16)20-17(22)13-8-12(18(23)24)4-6-14(13)19/h4-9H,3H2,1-2H3,(H,20,22)(H,23,24). The van der Waals surface area contributed by atoms with Crippen molar-refractivity contribution in [2.75, 3.05) is 11.9 Å². The number of ether oxygens (including phenoxy) is 1. The van der Waals surface area contributed by atoms with E-state index in [1.165, 1.54) is 31.2 Å². The van der Waals surface area contributed by atoms with E-state index in [-0.39, 0.29) is 16.9 Å². The van der Waals surface area contributed by atoms with Gasteiger partial charge in [0.05, 0.1) is 23.4 Å². The summed E-state index contributed by atoms with van der Waals surface area (Å²) in [7, 11) is 0. The number of carboxylic acids is 1. The normalized spacial score (nSPS) is 10.2. The second kappa shape index (κ2) is 7.94. The minimum atomic E-state index is -1.13. The van der Waals surface area contributed by atoms with Crippen LogP contribution in [0, 0.1) is 0 Å². The molecule has 0 aliphatic heterocycles. The van der Waals surface area contributed by atoms with Crippen molar-refractivity contribution in [2.24, 2.45) is 0 Å². The van der Waals surface area contributed by atoms with Gasteiger partial charge >= 0.3 is 5.97 Å². The Kier molecular flexibility index (Phi) is 5.93. The van der Waals surface area contributed by atoms with Crippen molar-refractivity contribution in [3.05, 3.63) is 57.6 Å². The number of hydrogen-bond acceptors (Lipinski definition) is 4. The number of aromatic carboxylic acids is 1. The molecule has 0 bridgehead atoms. The van der Waals surface area contributed by atoms with Crippen LogP contribution in [0.4, 0.5) is 5.69 Å². The molecule has 2 N–H and O–H groups in total. The summed E-state index contributed by atoms with van der Waals surface area (Å²) in [6.07, 6.45) is 0. The van der Waals surface area contributed by atoms with E-state index in [9.17, 15) is 14.4 Å². The summed E-state index contributed by atoms with van der Waals surface area (Å²) in [5.74, 6) is -1.37. The number of hydrogen-bond donors (Lipinski definition) is 2. The Balaban J connectivity index is 2.40. The monoisotopic (exact) mass is 405 g/mol. The SMILES string of the molecule is CCOc1ccc(C(C)=O)cc1NC(=O)c1cc(C(=O)O)ccc1Br. The quantitative estimate of drug-likeness (QED) is 0.708. The maximum atomic E-state index is 12.6. The van der Waals surface area contributed by atoms with Crippen LogP contribution in [0.5, 0.6) is 5.75 Å². The Labute approximate surface area is 152 Å². The van der Waals surface area contributed by atoms with Gasteiger partial charge < -0.3 is 15.2 Å². The first kappa shape index (κ1) is 18.7. The predicted molar refractivity (Wildman–Crippen MR) is 96.7 cm³/mol. The third-order valence-corrected chi connectivity index (χ3v) is 4.08. The van der Waals surface area contributed by atoms with Crippen molar-refractivity contribution in [2.45, 2.75) is 13.8 Å². The van der Waals surface area contributed by atoms with Gasteiger partial charge in [0.25, 0.3) is 5.91 Å². The van der Waals surface area contributed by atoms with Gasteiger partial charge in [0.15, 0.2) is 5.78 Å². The fourth-order valence-electron chi connectivity index (χ4n) is 2.15. The van der Waals surface area contributed by atoms with Gasteiger partial charge in [0, 0.05) is 10.0 Å². The molecule has 25 heavy (non-hydrogen) atoms. The van der Waals surface area contributed by atoms with Crippen LogP contribution in [-0.2, 0) is 0 Å². The molecular weight excluding hydrogens is 390 g/mol. The van der Waals surface area contributed by atoms with Crippen molar-refractivity contribution in [3.63, 3.8) is 0 Å². The van der Waals surface area contributed by atoms with Gasteiger partial charge in [-0.1, -0.05) is 0 Å². The van der Waals surface area contributed by atoms with Gasteiger partial charge in [-0.25, -0.2) is 4.79 Å². The molecule has 1 amide bonds. The first-order valence-electron chi connectivity index (χ1n) is 7.45. The number of carbonyl (C=O) groups excluding carboxylic acids is 2. The van der Waals surface area contributed by atoms with E-state index < -0.39 is 11.9 Å². The molecule has 0 unspecified atom stereocenters. The minimum absolute atomic E-state index is 0.00383. The molecule has 6 nitrogen and oxygen atoms in total. The number of nitrogens with one attached hydrogen (secondary N) is 1. The average molecular weight is 406 g/mol. The Morgan fingerprint density at radius 3 is 2.40 bits per heavy atom. The van der Waals surface area contributed by atoms with Crippen molar-refractivity contribution < 1.29 is 24.2 Å². The number of benzene rings is 2. The lowest BCUT2D eigenvalue weighted by molar-refractivity contribution is 0.0696. The van der Waals surface area contributed by atoms with Crippen LogP contribution in [0.2, 0.25) is 0 Å². The summed E-state index contributed by atoms with van der Waals surface area (Å²) in [6.45, 7) is 3.62. The van der Waals surface area contributed by atoms with Crippen LogP contribution >= 0.6 is 15.9 Å². The molecule has 0 fully saturated rings. The Morgan fingerprint density at radius 2 is 1.80 bits per heavy atom. The number of halogens is 1. The lowest BCUT2D eigenvalue weighted by atomic mass is 10.1. The van der Waals surface area contributed by atoms with Crippen molar-refractivity contribution >= 4 is 39.3 Å². The van der Waals surface area contributed by atoms with Crippen LogP contribution in [-0.4, -0.2) is 29.4 Å². The zero-order valence-electron chi connectivity index (χ0n) is 13.6. The average Bonchev–Trinajstić information content (AvgIpc) is 2.56. The summed E-state index contributed by atoms with van der Waals surface area (Å²) >= 11 is 3.24. The number of rotatable bonds is 6. The third-order valence-electron chi connectivity index (χ3n) is 3.39. The molecule has 2 rings (SSSR count). The molecule has 130 valence electrons. The highest BCUT2D eigenvalue weighted by Gasteiger charge is 2.16. The highest BCUT2D eigenvalue weighted by molar-refractivity contribution is 9.10. The highest BCUT2D eigenvalue weighted by atomic mass is 79.9. The molecule has 7 heteroatoms. The topological polar surface area (TPSA) is 92.7 Å². The Morgan fingerprint density at radius 1 is 1.12 bits per heavy atom. The van der Waals surface area contributed by atoms with Crippen molar-refractivity contribution in [1.82, 2.24) is 0 Å². The molecule has 0 spiro atoms. The molecular formula is C18H16BrNO5. The zero-order valence-corrected chi connectivity index (χ0v) is 15.2. The molecule has 0 aromatic heterocycles. The number of carbonyl (C=O) groups is 3. The van der Waals surface area contributed by atoms with Crippen LogP contribution in [0.25, 0.3) is 0 Å². The van der Waals surface area contributed by atoms with E-state index in [0.717, 1.165) is 0 Å². The lowest BCUT2D eigenvalue weighted by Crippen LogP contribution is -2.15. The van der Waals surface area contributed by atoms with Gasteiger partial charge in [0.2, 0.25) is 0 Å². The summed E-state index contributed by atoms with van der Waals surface area (Å²) < 4.78 is 5.92. The first-order chi connectivity index (χ1) is 11.8. The molecule has 0 aliphatic rings. The minimum Gasteiger partial charge on any atom is -0.492 e. The van der Waals surface area contributed by atoms with E-state index in [2.05, 4.69) is 21.2 Å². The second-order valence-corrected chi connectivity index (χ2v) is 6.01. The van der Waals surface area contributed by atoms with E-state index in [1.807, 2.05) is 0 Å². The molecule has 2 aromatic rings. The van der Waals surface area contributed by atoms with Crippen molar-refractivity contribution in [3.8, 4) is 5.75 Å². The number of carboxylic acid groups (broad SMARTS) is 1. The van der Waals surface area contributed by atoms with Gasteiger partial charge in [0.1, 0.15) is 5.75 Å². The molecule has 0 radical (unpaired) electrons. The number of anilines is 1. The largest absolute Gasteiger partial charge is 0.492 e. The zero-order chi connectivity index (χ0) is 18.6. The van der Waals surface area contributed by atoms with Crippen LogP contribution < -0.4 is 10.1 Å². The van der Waals surface area contributed by atoms with E-state index in [4.69, 9.17) is 9.84 Å². The molecule has 2 aromatic carbocycles. The molecule has 0 saturated heterocycles. The van der Waals surface area contributed by atoms with Gasteiger partial charge in [-0.15, -0.1) is 0 Å². The number of amides is 1. The maximum Gasteiger partial charge on any atom is 0.335 e. The van der Waals surface area contributed by atoms with Crippen molar-refractivity contribution in [1.29, 1.82) is 0 Å². The smallest absolute Gasteiger partial charge is 0.335 e.